The molecule has 0 spiro atoms. The molecule has 14 heavy (non-hydrogen) atoms. The van der Waals surface area contributed by atoms with E-state index in [4.69, 9.17) is 0 Å². The summed E-state index contributed by atoms with van der Waals surface area (Å²) in [4.78, 5) is 2.40. The highest BCUT2D eigenvalue weighted by Gasteiger charge is 2.25. The van der Waals surface area contributed by atoms with Gasteiger partial charge in [0.2, 0.25) is 0 Å². The zero-order valence-corrected chi connectivity index (χ0v) is 8.96. The molecule has 0 N–H and O–H groups in total. The molecule has 1 nitrogen and oxygen atoms in total. The summed E-state index contributed by atoms with van der Waals surface area (Å²) in [7, 11) is 0. The van der Waals surface area contributed by atoms with Crippen LogP contribution in [0.25, 0.3) is 0 Å². The van der Waals surface area contributed by atoms with E-state index in [-0.39, 0.29) is 0 Å². The molecule has 0 amide bonds. The Labute approximate surface area is 86.1 Å². The Morgan fingerprint density at radius 1 is 1.57 bits per heavy atom. The van der Waals surface area contributed by atoms with Gasteiger partial charge in [0.1, 0.15) is 0 Å². The summed E-state index contributed by atoms with van der Waals surface area (Å²) in [5.74, 6) is 0.658. The molecule has 2 rings (SSSR count). The Morgan fingerprint density at radius 3 is 3.07 bits per heavy atom. The van der Waals surface area contributed by atoms with Crippen molar-refractivity contribution in [2.24, 2.45) is 0 Å². The maximum atomic E-state index is 3.80. The van der Waals surface area contributed by atoms with E-state index in [0.29, 0.717) is 5.92 Å². The highest BCUT2D eigenvalue weighted by atomic mass is 15.1. The summed E-state index contributed by atoms with van der Waals surface area (Å²) in [6, 6.07) is 6.56. The van der Waals surface area contributed by atoms with Crippen molar-refractivity contribution in [1.29, 1.82) is 0 Å². The third-order valence-corrected chi connectivity index (χ3v) is 2.98. The lowest BCUT2D eigenvalue weighted by Gasteiger charge is -2.17. The standard InChI is InChI=1S/C13H17N/c1-4-8-14-9-11(3)13-10(2)6-5-7-12(13)14/h4-7,11H,1,8-9H2,2-3H3/t11-/m1/s1. The molecule has 0 aromatic heterocycles. The van der Waals surface area contributed by atoms with Crippen molar-refractivity contribution >= 4 is 5.69 Å². The third-order valence-electron chi connectivity index (χ3n) is 2.98. The van der Waals surface area contributed by atoms with E-state index < -0.39 is 0 Å². The van der Waals surface area contributed by atoms with Gasteiger partial charge in [0, 0.05) is 24.7 Å². The van der Waals surface area contributed by atoms with Crippen molar-refractivity contribution in [3.05, 3.63) is 42.0 Å². The van der Waals surface area contributed by atoms with Gasteiger partial charge in [-0.05, 0) is 24.1 Å². The molecule has 0 radical (unpaired) electrons. The Hall–Kier alpha value is -1.24. The molecule has 1 heterocycles. The van der Waals surface area contributed by atoms with E-state index in [9.17, 15) is 0 Å². The van der Waals surface area contributed by atoms with E-state index in [1.54, 1.807) is 0 Å². The lowest BCUT2D eigenvalue weighted by molar-refractivity contribution is 0.774. The molecule has 0 unspecified atom stereocenters. The van der Waals surface area contributed by atoms with Gasteiger partial charge in [-0.2, -0.15) is 0 Å². The smallest absolute Gasteiger partial charge is 0.0407 e. The average Bonchev–Trinajstić information content (AvgIpc) is 2.46. The first-order valence-corrected chi connectivity index (χ1v) is 5.19. The fraction of sp³-hybridized carbons (Fsp3) is 0.385. The first-order valence-electron chi connectivity index (χ1n) is 5.19. The average molecular weight is 187 g/mol. The van der Waals surface area contributed by atoms with Crippen molar-refractivity contribution < 1.29 is 0 Å². The largest absolute Gasteiger partial charge is 0.367 e. The maximum absolute atomic E-state index is 3.80. The van der Waals surface area contributed by atoms with Crippen LogP contribution in [0.15, 0.2) is 30.9 Å². The quantitative estimate of drug-likeness (QED) is 0.643. The van der Waals surface area contributed by atoms with Crippen molar-refractivity contribution in [3.63, 3.8) is 0 Å². The lowest BCUT2D eigenvalue weighted by Crippen LogP contribution is -2.20. The molecule has 0 saturated heterocycles. The first kappa shape index (κ1) is 9.32. The number of anilines is 1. The molecule has 1 aliphatic rings. The number of aryl methyl sites for hydroxylation is 1. The van der Waals surface area contributed by atoms with E-state index in [2.05, 4.69) is 43.5 Å². The minimum atomic E-state index is 0.658. The SMILES string of the molecule is C=CCN1C[C@@H](C)c2c(C)cccc21. The third kappa shape index (κ3) is 1.33. The van der Waals surface area contributed by atoms with Gasteiger partial charge in [-0.1, -0.05) is 25.1 Å². The van der Waals surface area contributed by atoms with Gasteiger partial charge in [-0.3, -0.25) is 0 Å². The molecule has 1 atom stereocenters. The van der Waals surface area contributed by atoms with Crippen LogP contribution < -0.4 is 4.90 Å². The Balaban J connectivity index is 2.43. The van der Waals surface area contributed by atoms with Gasteiger partial charge in [-0.25, -0.2) is 0 Å². The van der Waals surface area contributed by atoms with Crippen LogP contribution in [-0.4, -0.2) is 13.1 Å². The van der Waals surface area contributed by atoms with Gasteiger partial charge in [-0.15, -0.1) is 6.58 Å². The number of hydrogen-bond donors (Lipinski definition) is 0. The van der Waals surface area contributed by atoms with Crippen molar-refractivity contribution in [1.82, 2.24) is 0 Å². The van der Waals surface area contributed by atoms with Gasteiger partial charge in [0.25, 0.3) is 0 Å². The summed E-state index contributed by atoms with van der Waals surface area (Å²) in [6.07, 6.45) is 1.98. The minimum Gasteiger partial charge on any atom is -0.367 e. The normalized spacial score (nSPS) is 19.6. The second-order valence-corrected chi connectivity index (χ2v) is 4.10. The van der Waals surface area contributed by atoms with Crippen molar-refractivity contribution in [3.8, 4) is 0 Å². The molecule has 0 saturated carbocycles. The van der Waals surface area contributed by atoms with Crippen LogP contribution in [0.1, 0.15) is 24.0 Å². The van der Waals surface area contributed by atoms with Crippen LogP contribution in [0.3, 0.4) is 0 Å². The zero-order valence-electron chi connectivity index (χ0n) is 8.96. The van der Waals surface area contributed by atoms with E-state index in [1.807, 2.05) is 6.08 Å². The molecule has 1 aromatic carbocycles. The van der Waals surface area contributed by atoms with E-state index in [0.717, 1.165) is 13.1 Å². The predicted molar refractivity (Wildman–Crippen MR) is 62.0 cm³/mol. The minimum absolute atomic E-state index is 0.658. The molecular formula is C13H17N. The lowest BCUT2D eigenvalue weighted by atomic mass is 9.98. The maximum Gasteiger partial charge on any atom is 0.0407 e. The molecule has 1 aliphatic heterocycles. The molecule has 1 heteroatoms. The molecule has 1 aromatic rings. The molecule has 0 bridgehead atoms. The molecule has 0 aliphatic carbocycles. The van der Waals surface area contributed by atoms with Crippen LogP contribution in [-0.2, 0) is 0 Å². The molecule has 0 fully saturated rings. The zero-order chi connectivity index (χ0) is 10.1. The number of hydrogen-bond acceptors (Lipinski definition) is 1. The van der Waals surface area contributed by atoms with Crippen LogP contribution in [0.4, 0.5) is 5.69 Å². The molecule has 74 valence electrons. The highest BCUT2D eigenvalue weighted by Crippen LogP contribution is 2.37. The van der Waals surface area contributed by atoms with Gasteiger partial charge >= 0.3 is 0 Å². The van der Waals surface area contributed by atoms with Crippen molar-refractivity contribution in [2.45, 2.75) is 19.8 Å². The van der Waals surface area contributed by atoms with E-state index in [1.165, 1.54) is 16.8 Å². The Morgan fingerprint density at radius 2 is 2.36 bits per heavy atom. The summed E-state index contributed by atoms with van der Waals surface area (Å²) in [5, 5.41) is 0. The van der Waals surface area contributed by atoms with Crippen molar-refractivity contribution in [2.75, 3.05) is 18.0 Å². The van der Waals surface area contributed by atoms with Crippen LogP contribution >= 0.6 is 0 Å². The first-order chi connectivity index (χ1) is 6.74. The monoisotopic (exact) mass is 187 g/mol. The fourth-order valence-corrected chi connectivity index (χ4v) is 2.43. The summed E-state index contributed by atoms with van der Waals surface area (Å²) >= 11 is 0. The summed E-state index contributed by atoms with van der Waals surface area (Å²) < 4.78 is 0. The van der Waals surface area contributed by atoms with E-state index >= 15 is 0 Å². The summed E-state index contributed by atoms with van der Waals surface area (Å²) in [5.41, 5.74) is 4.34. The second kappa shape index (κ2) is 3.49. The van der Waals surface area contributed by atoms with Crippen LogP contribution in [0.2, 0.25) is 0 Å². The van der Waals surface area contributed by atoms with Crippen LogP contribution in [0, 0.1) is 6.92 Å². The van der Waals surface area contributed by atoms with Crippen LogP contribution in [0.5, 0.6) is 0 Å². The molecular weight excluding hydrogens is 170 g/mol. The van der Waals surface area contributed by atoms with Gasteiger partial charge in [0.15, 0.2) is 0 Å². The number of benzene rings is 1. The fourth-order valence-electron chi connectivity index (χ4n) is 2.43. The van der Waals surface area contributed by atoms with Gasteiger partial charge < -0.3 is 4.90 Å². The Bertz CT molecular complexity index is 354. The number of nitrogens with zero attached hydrogens (tertiary/aromatic N) is 1. The predicted octanol–water partition coefficient (Wildman–Crippen LogP) is 3.10. The highest BCUT2D eigenvalue weighted by molar-refractivity contribution is 5.62. The van der Waals surface area contributed by atoms with Gasteiger partial charge in [0.05, 0.1) is 0 Å². The number of rotatable bonds is 2. The summed E-state index contributed by atoms with van der Waals surface area (Å²) in [6.45, 7) is 10.4. The number of fused-ring (bicyclic) bond motifs is 1. The topological polar surface area (TPSA) is 3.24 Å². The second-order valence-electron chi connectivity index (χ2n) is 4.10. The Kier molecular flexibility index (Phi) is 2.32.